The Morgan fingerprint density at radius 3 is 2.65 bits per heavy atom. The first-order valence-corrected chi connectivity index (χ1v) is 7.13. The topological polar surface area (TPSA) is 26.3 Å². The van der Waals surface area contributed by atoms with Crippen molar-refractivity contribution in [3.8, 4) is 10.0 Å². The predicted octanol–water partition coefficient (Wildman–Crippen LogP) is 2.43. The van der Waals surface area contributed by atoms with Gasteiger partial charge in [0.2, 0.25) is 0 Å². The fourth-order valence-electron chi connectivity index (χ4n) is 1.72. The van der Waals surface area contributed by atoms with Crippen LogP contribution in [-0.2, 0) is 16.0 Å². The molecule has 0 atom stereocenters. The third-order valence-electron chi connectivity index (χ3n) is 2.59. The maximum absolute atomic E-state index is 11.4. The Morgan fingerprint density at radius 1 is 1.24 bits per heavy atom. The van der Waals surface area contributed by atoms with Crippen LogP contribution in [0.15, 0.2) is 36.4 Å². The molecule has 0 amide bonds. The molecular formula is C14H14O2Se. The molecule has 0 saturated heterocycles. The standard InChI is InChI=1S/C14H14O2Se/c1-10-7-8-13(17-10)12-6-4-3-5-11(12)9-14(15)16-2/h3-8H,9H2,1-2H3. The van der Waals surface area contributed by atoms with Crippen LogP contribution >= 0.6 is 0 Å². The summed E-state index contributed by atoms with van der Waals surface area (Å²) in [5.74, 6) is -0.187. The van der Waals surface area contributed by atoms with Gasteiger partial charge in [0.25, 0.3) is 0 Å². The Kier molecular flexibility index (Phi) is 3.82. The molecule has 0 fully saturated rings. The van der Waals surface area contributed by atoms with Crippen molar-refractivity contribution in [2.24, 2.45) is 0 Å². The van der Waals surface area contributed by atoms with Gasteiger partial charge in [-0.3, -0.25) is 0 Å². The third kappa shape index (κ3) is 2.87. The van der Waals surface area contributed by atoms with E-state index in [0.717, 1.165) is 5.56 Å². The van der Waals surface area contributed by atoms with E-state index in [1.807, 2.05) is 18.2 Å². The summed E-state index contributed by atoms with van der Waals surface area (Å²) in [6, 6.07) is 12.4. The van der Waals surface area contributed by atoms with Crippen LogP contribution in [0.4, 0.5) is 0 Å². The number of rotatable bonds is 3. The van der Waals surface area contributed by atoms with Crippen LogP contribution in [0.3, 0.4) is 0 Å². The number of aryl methyl sites for hydroxylation is 1. The van der Waals surface area contributed by atoms with Gasteiger partial charge in [-0.25, -0.2) is 0 Å². The number of ether oxygens (including phenoxy) is 1. The van der Waals surface area contributed by atoms with E-state index >= 15 is 0 Å². The molecule has 88 valence electrons. The number of esters is 1. The minimum absolute atomic E-state index is 0.187. The van der Waals surface area contributed by atoms with Crippen molar-refractivity contribution in [3.05, 3.63) is 46.4 Å². The second-order valence-corrected chi connectivity index (χ2v) is 6.52. The molecule has 0 N–H and O–H groups in total. The maximum atomic E-state index is 11.4. The molecule has 3 heteroatoms. The molecule has 0 aliphatic heterocycles. The molecule has 0 spiro atoms. The van der Waals surface area contributed by atoms with Crippen molar-refractivity contribution in [3.63, 3.8) is 0 Å². The van der Waals surface area contributed by atoms with Gasteiger partial charge in [-0.05, 0) is 0 Å². The van der Waals surface area contributed by atoms with Gasteiger partial charge < -0.3 is 0 Å². The fraction of sp³-hybridized carbons (Fsp3) is 0.214. The summed E-state index contributed by atoms with van der Waals surface area (Å²) < 4.78 is 7.49. The van der Waals surface area contributed by atoms with Crippen LogP contribution in [0.25, 0.3) is 10.0 Å². The van der Waals surface area contributed by atoms with Crippen LogP contribution in [0.2, 0.25) is 0 Å². The van der Waals surface area contributed by atoms with E-state index in [0.29, 0.717) is 20.9 Å². The van der Waals surface area contributed by atoms with Gasteiger partial charge in [0.05, 0.1) is 0 Å². The molecule has 0 aliphatic rings. The summed E-state index contributed by atoms with van der Waals surface area (Å²) in [6.45, 7) is 2.15. The number of carbonyl (C=O) groups is 1. The molecular weight excluding hydrogens is 279 g/mol. The molecule has 1 heterocycles. The number of methoxy groups -OCH3 is 1. The van der Waals surface area contributed by atoms with E-state index in [1.165, 1.54) is 21.5 Å². The number of hydrogen-bond donors (Lipinski definition) is 0. The molecule has 17 heavy (non-hydrogen) atoms. The molecule has 0 bridgehead atoms. The zero-order chi connectivity index (χ0) is 12.3. The molecule has 2 aromatic rings. The van der Waals surface area contributed by atoms with Crippen LogP contribution in [0.5, 0.6) is 0 Å². The van der Waals surface area contributed by atoms with Crippen molar-refractivity contribution >= 4 is 20.5 Å². The van der Waals surface area contributed by atoms with Gasteiger partial charge >= 0.3 is 107 Å². The second-order valence-electron chi connectivity index (χ2n) is 3.82. The molecule has 2 nitrogen and oxygen atoms in total. The Hall–Kier alpha value is -1.31. The van der Waals surface area contributed by atoms with Crippen molar-refractivity contribution in [2.45, 2.75) is 13.3 Å². The average Bonchev–Trinajstić information content (AvgIpc) is 2.76. The van der Waals surface area contributed by atoms with E-state index < -0.39 is 0 Å². The number of hydrogen-bond acceptors (Lipinski definition) is 2. The second kappa shape index (κ2) is 5.35. The van der Waals surface area contributed by atoms with Crippen molar-refractivity contribution < 1.29 is 9.53 Å². The fourth-order valence-corrected chi connectivity index (χ4v) is 3.67. The number of carbonyl (C=O) groups excluding carboxylic acids is 1. The average molecular weight is 293 g/mol. The molecule has 2 rings (SSSR count). The summed E-state index contributed by atoms with van der Waals surface area (Å²) in [7, 11) is 1.43. The van der Waals surface area contributed by atoms with Gasteiger partial charge in [-0.15, -0.1) is 0 Å². The SMILES string of the molecule is COC(=O)Cc1ccccc1-c1ccc(C)[se]1. The van der Waals surface area contributed by atoms with Crippen LogP contribution in [0, 0.1) is 6.92 Å². The van der Waals surface area contributed by atoms with Crippen LogP contribution < -0.4 is 0 Å². The van der Waals surface area contributed by atoms with Gasteiger partial charge in [-0.1, -0.05) is 0 Å². The van der Waals surface area contributed by atoms with Crippen LogP contribution in [0.1, 0.15) is 10.0 Å². The quantitative estimate of drug-likeness (QED) is 0.642. The Morgan fingerprint density at radius 2 is 2.00 bits per heavy atom. The van der Waals surface area contributed by atoms with E-state index in [4.69, 9.17) is 4.74 Å². The van der Waals surface area contributed by atoms with E-state index in [1.54, 1.807) is 0 Å². The Balaban J connectivity index is 2.37. The van der Waals surface area contributed by atoms with E-state index in [-0.39, 0.29) is 5.97 Å². The summed E-state index contributed by atoms with van der Waals surface area (Å²) in [5.41, 5.74) is 2.24. The normalized spacial score (nSPS) is 10.2. The summed E-state index contributed by atoms with van der Waals surface area (Å²) in [6.07, 6.45) is 0.346. The Bertz CT molecular complexity index is 529. The van der Waals surface area contributed by atoms with Gasteiger partial charge in [0.15, 0.2) is 0 Å². The predicted molar refractivity (Wildman–Crippen MR) is 69.3 cm³/mol. The zero-order valence-electron chi connectivity index (χ0n) is 9.90. The van der Waals surface area contributed by atoms with Crippen molar-refractivity contribution in [2.75, 3.05) is 7.11 Å². The third-order valence-corrected chi connectivity index (χ3v) is 4.75. The molecule has 0 radical (unpaired) electrons. The summed E-state index contributed by atoms with van der Waals surface area (Å²) in [4.78, 5) is 11.4. The van der Waals surface area contributed by atoms with Crippen molar-refractivity contribution in [1.82, 2.24) is 0 Å². The summed E-state index contributed by atoms with van der Waals surface area (Å²) >= 11 is 0.395. The molecule has 1 aromatic carbocycles. The first kappa shape index (κ1) is 12.2. The molecule has 0 aliphatic carbocycles. The van der Waals surface area contributed by atoms with E-state index in [9.17, 15) is 4.79 Å². The van der Waals surface area contributed by atoms with Gasteiger partial charge in [0.1, 0.15) is 0 Å². The summed E-state index contributed by atoms with van der Waals surface area (Å²) in [5, 5.41) is 0. The van der Waals surface area contributed by atoms with Crippen LogP contribution in [-0.4, -0.2) is 27.6 Å². The molecule has 1 aromatic heterocycles. The zero-order valence-corrected chi connectivity index (χ0v) is 11.6. The number of benzene rings is 1. The molecule has 0 unspecified atom stereocenters. The first-order chi connectivity index (χ1) is 8.20. The minimum atomic E-state index is -0.187. The van der Waals surface area contributed by atoms with Gasteiger partial charge in [-0.2, -0.15) is 0 Å². The first-order valence-electron chi connectivity index (χ1n) is 5.42. The van der Waals surface area contributed by atoms with E-state index in [2.05, 4.69) is 25.1 Å². The molecule has 0 saturated carbocycles. The van der Waals surface area contributed by atoms with Gasteiger partial charge in [0, 0.05) is 0 Å². The van der Waals surface area contributed by atoms with Crippen molar-refractivity contribution in [1.29, 1.82) is 0 Å². The Labute approximate surface area is 107 Å². The monoisotopic (exact) mass is 294 g/mol.